The van der Waals surface area contributed by atoms with Crippen LogP contribution in [0.15, 0.2) is 0 Å². The predicted molar refractivity (Wildman–Crippen MR) is 69.1 cm³/mol. The summed E-state index contributed by atoms with van der Waals surface area (Å²) in [4.78, 5) is 13.3. The Morgan fingerprint density at radius 3 is 2.41 bits per heavy atom. The van der Waals surface area contributed by atoms with Gasteiger partial charge in [-0.15, -0.1) is 0 Å². The van der Waals surface area contributed by atoms with Crippen molar-refractivity contribution in [3.05, 3.63) is 0 Å². The summed E-state index contributed by atoms with van der Waals surface area (Å²) >= 11 is 0. The fraction of sp³-hybridized carbons (Fsp3) is 0.923. The van der Waals surface area contributed by atoms with Crippen LogP contribution in [0.5, 0.6) is 0 Å². The highest BCUT2D eigenvalue weighted by Gasteiger charge is 2.28. The molecule has 2 unspecified atom stereocenters. The standard InChI is InChI=1S/C13H26N2O2/c1-9(2)10(3)15(4)8-7-12(13(16)17)14-11-5-6-11/h9-12,14H,5-8H2,1-4H3,(H,16,17). The summed E-state index contributed by atoms with van der Waals surface area (Å²) in [6, 6.07) is 0.554. The number of nitrogens with zero attached hydrogens (tertiary/aromatic N) is 1. The van der Waals surface area contributed by atoms with Gasteiger partial charge in [0.15, 0.2) is 0 Å². The second-order valence-corrected chi connectivity index (χ2v) is 5.59. The molecule has 0 aromatic carbocycles. The molecule has 0 amide bonds. The molecule has 4 heteroatoms. The average Bonchev–Trinajstić information content (AvgIpc) is 3.05. The molecule has 2 atom stereocenters. The molecule has 0 heterocycles. The number of carboxylic acids is 1. The van der Waals surface area contributed by atoms with Crippen molar-refractivity contribution in [3.63, 3.8) is 0 Å². The van der Waals surface area contributed by atoms with Crippen molar-refractivity contribution in [1.82, 2.24) is 10.2 Å². The van der Waals surface area contributed by atoms with Gasteiger partial charge in [-0.05, 0) is 39.2 Å². The van der Waals surface area contributed by atoms with Crippen LogP contribution in [-0.2, 0) is 4.79 Å². The fourth-order valence-corrected chi connectivity index (χ4v) is 1.86. The normalized spacial score (nSPS) is 19.6. The van der Waals surface area contributed by atoms with Gasteiger partial charge in [0.1, 0.15) is 6.04 Å². The summed E-state index contributed by atoms with van der Waals surface area (Å²) in [5.41, 5.74) is 0. The Hall–Kier alpha value is -0.610. The van der Waals surface area contributed by atoms with Crippen molar-refractivity contribution in [1.29, 1.82) is 0 Å². The third-order valence-corrected chi connectivity index (χ3v) is 3.74. The Balaban J connectivity index is 2.32. The van der Waals surface area contributed by atoms with Crippen LogP contribution in [0.1, 0.15) is 40.0 Å². The van der Waals surface area contributed by atoms with E-state index < -0.39 is 5.97 Å². The molecule has 0 bridgehead atoms. The maximum absolute atomic E-state index is 11.1. The minimum Gasteiger partial charge on any atom is -0.480 e. The number of carbonyl (C=O) groups is 1. The Morgan fingerprint density at radius 1 is 1.41 bits per heavy atom. The summed E-state index contributed by atoms with van der Waals surface area (Å²) < 4.78 is 0. The molecule has 0 aromatic rings. The van der Waals surface area contributed by atoms with Gasteiger partial charge in [-0.1, -0.05) is 13.8 Å². The van der Waals surface area contributed by atoms with Gasteiger partial charge in [0.25, 0.3) is 0 Å². The van der Waals surface area contributed by atoms with Crippen molar-refractivity contribution in [2.75, 3.05) is 13.6 Å². The van der Waals surface area contributed by atoms with Crippen LogP contribution in [0, 0.1) is 5.92 Å². The molecule has 4 nitrogen and oxygen atoms in total. The second-order valence-electron chi connectivity index (χ2n) is 5.59. The van der Waals surface area contributed by atoms with Gasteiger partial charge in [-0.3, -0.25) is 4.79 Å². The molecule has 0 aromatic heterocycles. The number of hydrogen-bond acceptors (Lipinski definition) is 3. The Labute approximate surface area is 104 Å². The average molecular weight is 242 g/mol. The third-order valence-electron chi connectivity index (χ3n) is 3.74. The van der Waals surface area contributed by atoms with Crippen LogP contribution in [0.3, 0.4) is 0 Å². The molecule has 0 radical (unpaired) electrons. The van der Waals surface area contributed by atoms with Crippen LogP contribution in [0.25, 0.3) is 0 Å². The largest absolute Gasteiger partial charge is 0.480 e. The maximum Gasteiger partial charge on any atom is 0.320 e. The molecule has 1 rings (SSSR count). The first-order valence-corrected chi connectivity index (χ1v) is 6.61. The van der Waals surface area contributed by atoms with Crippen molar-refractivity contribution < 1.29 is 9.90 Å². The summed E-state index contributed by atoms with van der Waals surface area (Å²) in [5, 5.41) is 12.3. The smallest absolute Gasteiger partial charge is 0.320 e. The molecule has 0 aliphatic heterocycles. The third kappa shape index (κ3) is 5.04. The van der Waals surface area contributed by atoms with E-state index in [4.69, 9.17) is 5.11 Å². The number of carboxylic acid groups (broad SMARTS) is 1. The van der Waals surface area contributed by atoms with Crippen LogP contribution in [0.2, 0.25) is 0 Å². The van der Waals surface area contributed by atoms with E-state index >= 15 is 0 Å². The topological polar surface area (TPSA) is 52.6 Å². The minimum absolute atomic E-state index is 0.385. The lowest BCUT2D eigenvalue weighted by Crippen LogP contribution is -2.42. The molecule has 2 N–H and O–H groups in total. The Bertz CT molecular complexity index is 252. The first-order valence-electron chi connectivity index (χ1n) is 6.61. The van der Waals surface area contributed by atoms with Gasteiger partial charge >= 0.3 is 5.97 Å². The summed E-state index contributed by atoms with van der Waals surface area (Å²) in [5.74, 6) is -0.123. The highest BCUT2D eigenvalue weighted by atomic mass is 16.4. The lowest BCUT2D eigenvalue weighted by Gasteiger charge is -2.28. The number of aliphatic carboxylic acids is 1. The summed E-state index contributed by atoms with van der Waals surface area (Å²) in [7, 11) is 2.07. The molecular weight excluding hydrogens is 216 g/mol. The zero-order valence-corrected chi connectivity index (χ0v) is 11.4. The maximum atomic E-state index is 11.1. The predicted octanol–water partition coefficient (Wildman–Crippen LogP) is 1.56. The van der Waals surface area contributed by atoms with E-state index in [1.807, 2.05) is 0 Å². The number of rotatable bonds is 8. The highest BCUT2D eigenvalue weighted by molar-refractivity contribution is 5.73. The van der Waals surface area contributed by atoms with Crippen LogP contribution in [-0.4, -0.2) is 47.7 Å². The molecular formula is C13H26N2O2. The molecule has 100 valence electrons. The molecule has 1 aliphatic rings. The molecule has 17 heavy (non-hydrogen) atoms. The van der Waals surface area contributed by atoms with E-state index in [1.165, 1.54) is 0 Å². The van der Waals surface area contributed by atoms with Gasteiger partial charge in [-0.25, -0.2) is 0 Å². The van der Waals surface area contributed by atoms with Crippen LogP contribution in [0.4, 0.5) is 0 Å². The van der Waals surface area contributed by atoms with Crippen LogP contribution < -0.4 is 5.32 Å². The molecule has 1 saturated carbocycles. The van der Waals surface area contributed by atoms with Gasteiger partial charge < -0.3 is 15.3 Å². The molecule has 1 aliphatic carbocycles. The van der Waals surface area contributed by atoms with E-state index in [-0.39, 0.29) is 6.04 Å². The fourth-order valence-electron chi connectivity index (χ4n) is 1.86. The molecule has 0 saturated heterocycles. The number of nitrogens with one attached hydrogen (secondary N) is 1. The van der Waals surface area contributed by atoms with E-state index in [0.717, 1.165) is 19.4 Å². The van der Waals surface area contributed by atoms with E-state index in [1.54, 1.807) is 0 Å². The SMILES string of the molecule is CC(C)C(C)N(C)CCC(NC1CC1)C(=O)O. The van der Waals surface area contributed by atoms with Crippen molar-refractivity contribution in [2.45, 2.75) is 58.2 Å². The zero-order chi connectivity index (χ0) is 13.0. The Morgan fingerprint density at radius 2 is 2.00 bits per heavy atom. The summed E-state index contributed by atoms with van der Waals surface area (Å²) in [6.45, 7) is 7.40. The van der Waals surface area contributed by atoms with E-state index in [2.05, 4.69) is 38.0 Å². The second kappa shape index (κ2) is 6.36. The van der Waals surface area contributed by atoms with Gasteiger partial charge in [0.2, 0.25) is 0 Å². The van der Waals surface area contributed by atoms with Crippen LogP contribution >= 0.6 is 0 Å². The zero-order valence-electron chi connectivity index (χ0n) is 11.4. The van der Waals surface area contributed by atoms with Gasteiger partial charge in [0, 0.05) is 18.6 Å². The lowest BCUT2D eigenvalue weighted by molar-refractivity contribution is -0.139. The Kier molecular flexibility index (Phi) is 5.40. The van der Waals surface area contributed by atoms with Gasteiger partial charge in [0.05, 0.1) is 0 Å². The van der Waals surface area contributed by atoms with E-state index in [9.17, 15) is 4.79 Å². The molecule has 1 fully saturated rings. The first-order chi connectivity index (χ1) is 7.91. The van der Waals surface area contributed by atoms with E-state index in [0.29, 0.717) is 24.4 Å². The monoisotopic (exact) mass is 242 g/mol. The van der Waals surface area contributed by atoms with Crippen molar-refractivity contribution in [2.24, 2.45) is 5.92 Å². The van der Waals surface area contributed by atoms with Gasteiger partial charge in [-0.2, -0.15) is 0 Å². The highest BCUT2D eigenvalue weighted by Crippen LogP contribution is 2.20. The van der Waals surface area contributed by atoms with Crippen molar-refractivity contribution >= 4 is 5.97 Å². The van der Waals surface area contributed by atoms with Crippen molar-refractivity contribution in [3.8, 4) is 0 Å². The molecule has 0 spiro atoms. The minimum atomic E-state index is -0.720. The number of hydrogen-bond donors (Lipinski definition) is 2. The quantitative estimate of drug-likeness (QED) is 0.678. The first kappa shape index (κ1) is 14.5. The lowest BCUT2D eigenvalue weighted by atomic mass is 10.0. The summed E-state index contributed by atoms with van der Waals surface area (Å²) in [6.07, 6.45) is 2.93.